The molecule has 0 aliphatic carbocycles. The third-order valence-corrected chi connectivity index (χ3v) is 0. The van der Waals surface area contributed by atoms with Crippen molar-refractivity contribution in [2.75, 3.05) is 0 Å². The second-order valence-electron chi connectivity index (χ2n) is 1.03. The van der Waals surface area contributed by atoms with Gasteiger partial charge in [-0.25, -0.2) is 9.13 Å². The Bertz CT molecular complexity index is 138. The van der Waals surface area contributed by atoms with Crippen molar-refractivity contribution in [2.24, 2.45) is 0 Å². The molecule has 0 saturated carbocycles. The van der Waals surface area contributed by atoms with E-state index in [0.29, 0.717) is 0 Å². The van der Waals surface area contributed by atoms with Crippen LogP contribution in [0.3, 0.4) is 0 Å². The molecule has 98 valence electrons. The van der Waals surface area contributed by atoms with Gasteiger partial charge in [0.05, 0.1) is 0 Å². The molecular weight excluding hydrogens is 398 g/mol. The van der Waals surface area contributed by atoms with Crippen LogP contribution in [0.25, 0.3) is 0 Å². The summed E-state index contributed by atoms with van der Waals surface area (Å²) >= 11 is 0. The minimum atomic E-state index is -4.64. The van der Waals surface area contributed by atoms with Crippen molar-refractivity contribution in [1.29, 1.82) is 0 Å². The summed E-state index contributed by atoms with van der Waals surface area (Å²) in [7, 11) is -9.28. The molecule has 0 amide bonds. The van der Waals surface area contributed by atoms with Crippen LogP contribution in [0, 0.1) is 0 Å². The second-order valence-corrected chi connectivity index (χ2v) is 3.08. The van der Waals surface area contributed by atoms with Crippen molar-refractivity contribution >= 4 is 56.1 Å². The summed E-state index contributed by atoms with van der Waals surface area (Å²) in [5, 5.41) is 0. The fourth-order valence-corrected chi connectivity index (χ4v) is 0. The van der Waals surface area contributed by atoms with Crippen molar-refractivity contribution in [3.05, 3.63) is 0 Å². The molecule has 0 fully saturated rings. The normalized spacial score (nSPS) is 7.87. The summed E-state index contributed by atoms with van der Waals surface area (Å²) in [6.07, 6.45) is 0. The molecule has 2 radical (unpaired) electrons. The summed E-state index contributed by atoms with van der Waals surface area (Å²) < 4.78 is 17.8. The SMILES string of the molecule is O=P(O)(O)O.O=P(O)(O)O.[Fe+3].[Fe+3].[S-2].[S-2].[S-2]. The topological polar surface area (TPSA) is 156 Å². The first kappa shape index (κ1) is 43.3. The smallest absolute Gasteiger partial charge is 2.00 e. The second kappa shape index (κ2) is 18.7. The molecule has 0 saturated heterocycles. The standard InChI is InChI=1S/2Fe.2H3O4P.3S/c;;2*1-5(2,3)4;;;/h;;2*(H3,1,2,3,4);;;/q2*+3;;;3*-2. The van der Waals surface area contributed by atoms with E-state index < -0.39 is 15.6 Å². The zero-order valence-corrected chi connectivity index (χ0v) is 12.8. The van der Waals surface area contributed by atoms with E-state index in [9.17, 15) is 0 Å². The van der Waals surface area contributed by atoms with Gasteiger partial charge in [-0.2, -0.15) is 0 Å². The Morgan fingerprint density at radius 2 is 0.533 bits per heavy atom. The molecule has 0 atom stereocenters. The monoisotopic (exact) mass is 404 g/mol. The van der Waals surface area contributed by atoms with Crippen molar-refractivity contribution in [3.8, 4) is 0 Å². The molecule has 0 aliphatic rings. The Morgan fingerprint density at radius 3 is 0.533 bits per heavy atom. The van der Waals surface area contributed by atoms with E-state index in [1.165, 1.54) is 0 Å². The third-order valence-electron chi connectivity index (χ3n) is 0. The average Bonchev–Trinajstić information content (AvgIpc) is 1.12. The Morgan fingerprint density at radius 1 is 0.533 bits per heavy atom. The van der Waals surface area contributed by atoms with Crippen LogP contribution in [-0.4, -0.2) is 29.4 Å². The fraction of sp³-hybridized carbons (Fsp3) is 0. The van der Waals surface area contributed by atoms with Crippen LogP contribution in [0.5, 0.6) is 0 Å². The molecule has 0 spiro atoms. The zero-order chi connectivity index (χ0) is 9.00. The molecule has 0 aromatic rings. The Kier molecular flexibility index (Phi) is 53.9. The Labute approximate surface area is 128 Å². The van der Waals surface area contributed by atoms with Crippen molar-refractivity contribution in [1.82, 2.24) is 0 Å². The van der Waals surface area contributed by atoms with Crippen molar-refractivity contribution in [3.63, 3.8) is 0 Å². The van der Waals surface area contributed by atoms with E-state index in [0.717, 1.165) is 0 Å². The predicted octanol–water partition coefficient (Wildman–Crippen LogP) is -1.87. The molecule has 0 bridgehead atoms. The van der Waals surface area contributed by atoms with Crippen LogP contribution in [0.2, 0.25) is 0 Å². The molecule has 0 unspecified atom stereocenters. The Balaban J connectivity index is -0.0000000128. The Hall–Kier alpha value is 2.31. The molecule has 0 aliphatic heterocycles. The van der Waals surface area contributed by atoms with Gasteiger partial charge in [-0.3, -0.25) is 0 Å². The molecule has 0 aromatic heterocycles. The van der Waals surface area contributed by atoms with E-state index in [1.807, 2.05) is 0 Å². The first-order valence-corrected chi connectivity index (χ1v) is 4.70. The minimum absolute atomic E-state index is 0. The van der Waals surface area contributed by atoms with Crippen LogP contribution in [-0.2, 0) is 83.8 Å². The van der Waals surface area contributed by atoms with Gasteiger partial charge in [0, 0.05) is 0 Å². The fourth-order valence-electron chi connectivity index (χ4n) is 0. The average molecular weight is 404 g/mol. The van der Waals surface area contributed by atoms with Gasteiger partial charge in [0.25, 0.3) is 0 Å². The van der Waals surface area contributed by atoms with Crippen LogP contribution in [0.15, 0.2) is 0 Å². The quantitative estimate of drug-likeness (QED) is 0.203. The number of rotatable bonds is 0. The van der Waals surface area contributed by atoms with Gasteiger partial charge < -0.3 is 69.8 Å². The van der Waals surface area contributed by atoms with E-state index in [1.54, 1.807) is 0 Å². The maximum atomic E-state index is 8.88. The van der Waals surface area contributed by atoms with Gasteiger partial charge in [-0.1, -0.05) is 0 Å². The van der Waals surface area contributed by atoms with Crippen LogP contribution in [0.4, 0.5) is 0 Å². The van der Waals surface area contributed by atoms with Crippen molar-refractivity contribution in [2.45, 2.75) is 0 Å². The number of hydrogen-bond acceptors (Lipinski definition) is 2. The van der Waals surface area contributed by atoms with Gasteiger partial charge in [0.2, 0.25) is 0 Å². The van der Waals surface area contributed by atoms with Gasteiger partial charge in [0.1, 0.15) is 0 Å². The molecule has 0 rings (SSSR count). The van der Waals surface area contributed by atoms with Crippen molar-refractivity contribution < 1.29 is 72.6 Å². The zero-order valence-electron chi connectivity index (χ0n) is 6.33. The molecule has 0 heterocycles. The minimum Gasteiger partial charge on any atom is -2.00 e. The van der Waals surface area contributed by atoms with Gasteiger partial charge in [-0.15, -0.1) is 0 Å². The predicted molar refractivity (Wildman–Crippen MR) is 50.6 cm³/mol. The largest absolute Gasteiger partial charge is 3.00 e. The first-order chi connectivity index (χ1) is 4.00. The summed E-state index contributed by atoms with van der Waals surface area (Å²) in [4.78, 5) is 43.1. The van der Waals surface area contributed by atoms with Gasteiger partial charge in [-0.05, 0) is 0 Å². The summed E-state index contributed by atoms with van der Waals surface area (Å²) in [5.74, 6) is 0. The van der Waals surface area contributed by atoms with Gasteiger partial charge >= 0.3 is 49.8 Å². The molecule has 0 aromatic carbocycles. The van der Waals surface area contributed by atoms with E-state index in [4.69, 9.17) is 38.5 Å². The maximum absolute atomic E-state index is 8.88. The molecule has 8 nitrogen and oxygen atoms in total. The van der Waals surface area contributed by atoms with Gasteiger partial charge in [0.15, 0.2) is 0 Å². The number of hydrogen-bond donors (Lipinski definition) is 6. The third kappa shape index (κ3) is 626. The molecular formula is H6Fe2O8P2S3. The number of phosphoric acid groups is 2. The summed E-state index contributed by atoms with van der Waals surface area (Å²) in [6, 6.07) is 0. The van der Waals surface area contributed by atoms with E-state index >= 15 is 0 Å². The van der Waals surface area contributed by atoms with E-state index in [-0.39, 0.29) is 74.6 Å². The first-order valence-electron chi connectivity index (χ1n) is 1.57. The maximum Gasteiger partial charge on any atom is 3.00 e. The molecule has 6 N–H and O–H groups in total. The van der Waals surface area contributed by atoms with E-state index in [2.05, 4.69) is 0 Å². The molecule has 15 heteroatoms. The van der Waals surface area contributed by atoms with Crippen LogP contribution in [0.1, 0.15) is 0 Å². The summed E-state index contributed by atoms with van der Waals surface area (Å²) in [6.45, 7) is 0. The van der Waals surface area contributed by atoms with Crippen LogP contribution < -0.4 is 0 Å². The molecule has 15 heavy (non-hydrogen) atoms. The van der Waals surface area contributed by atoms with Crippen LogP contribution >= 0.6 is 15.6 Å². The summed E-state index contributed by atoms with van der Waals surface area (Å²) in [5.41, 5.74) is 0.